The monoisotopic (exact) mass is 332 g/mol. The van der Waals surface area contributed by atoms with Crippen molar-refractivity contribution < 1.29 is 14.3 Å². The third kappa shape index (κ3) is 4.78. The summed E-state index contributed by atoms with van der Waals surface area (Å²) in [4.78, 5) is 23.2. The van der Waals surface area contributed by atoms with E-state index in [2.05, 4.69) is 15.9 Å². The minimum Gasteiger partial charge on any atom is -0.466 e. The molecule has 0 saturated carbocycles. The Bertz CT molecular complexity index is 446. The van der Waals surface area contributed by atoms with Crippen LogP contribution in [0.4, 0.5) is 0 Å². The molecule has 0 spiro atoms. The third-order valence-electron chi connectivity index (χ3n) is 2.25. The molecule has 0 saturated heterocycles. The summed E-state index contributed by atoms with van der Waals surface area (Å²) in [6.45, 7) is 2.31. The maximum atomic E-state index is 11.9. The molecule has 0 bridgehead atoms. The molecule has 0 unspecified atom stereocenters. The van der Waals surface area contributed by atoms with E-state index in [1.807, 2.05) is 6.92 Å². The highest BCUT2D eigenvalue weighted by molar-refractivity contribution is 9.10. The molecule has 0 atom stereocenters. The van der Waals surface area contributed by atoms with Crippen molar-refractivity contribution in [1.82, 2.24) is 0 Å². The summed E-state index contributed by atoms with van der Waals surface area (Å²) in [5.41, 5.74) is 0.425. The van der Waals surface area contributed by atoms with E-state index < -0.39 is 0 Å². The number of esters is 1. The lowest BCUT2D eigenvalue weighted by atomic mass is 10.1. The number of Topliss-reactive ketones (excluding diaryl/α,β-unsaturated/α-hetero) is 1. The van der Waals surface area contributed by atoms with Crippen molar-refractivity contribution in [2.24, 2.45) is 0 Å². The largest absolute Gasteiger partial charge is 0.466 e. The van der Waals surface area contributed by atoms with Gasteiger partial charge in [0.1, 0.15) is 0 Å². The average molecular weight is 334 g/mol. The Morgan fingerprint density at radius 3 is 2.72 bits per heavy atom. The topological polar surface area (TPSA) is 43.4 Å². The number of hydrogen-bond donors (Lipinski definition) is 0. The second-order valence-electron chi connectivity index (χ2n) is 3.77. The van der Waals surface area contributed by atoms with Gasteiger partial charge < -0.3 is 4.74 Å². The van der Waals surface area contributed by atoms with Crippen molar-refractivity contribution in [3.05, 3.63) is 33.3 Å². The lowest BCUT2D eigenvalue weighted by Gasteiger charge is -2.05. The molecule has 98 valence electrons. The molecule has 0 N–H and O–H groups in total. The van der Waals surface area contributed by atoms with E-state index in [0.29, 0.717) is 17.2 Å². The first-order valence-corrected chi connectivity index (χ1v) is 6.85. The van der Waals surface area contributed by atoms with Crippen molar-refractivity contribution >= 4 is 39.3 Å². The zero-order valence-electron chi connectivity index (χ0n) is 10.0. The average Bonchev–Trinajstić information content (AvgIpc) is 2.36. The van der Waals surface area contributed by atoms with Gasteiger partial charge in [-0.25, -0.2) is 0 Å². The van der Waals surface area contributed by atoms with Crippen LogP contribution in [-0.4, -0.2) is 18.4 Å². The maximum Gasteiger partial charge on any atom is 0.306 e. The Hall–Kier alpha value is -0.870. The van der Waals surface area contributed by atoms with Gasteiger partial charge in [-0.1, -0.05) is 34.5 Å². The fourth-order valence-electron chi connectivity index (χ4n) is 1.35. The summed E-state index contributed by atoms with van der Waals surface area (Å²) in [6.07, 6.45) is 0.970. The van der Waals surface area contributed by atoms with Crippen molar-refractivity contribution in [3.63, 3.8) is 0 Å². The molecule has 1 aromatic carbocycles. The van der Waals surface area contributed by atoms with Crippen LogP contribution in [0, 0.1) is 0 Å². The van der Waals surface area contributed by atoms with Gasteiger partial charge in [-0.05, 0) is 24.6 Å². The standard InChI is InChI=1S/C13H14BrClO3/c1-2-7-18-13(17)6-5-12(16)10-8-9(14)3-4-11(10)15/h3-4,8H,2,5-7H2,1H3. The molecule has 0 radical (unpaired) electrons. The Balaban J connectivity index is 2.55. The van der Waals surface area contributed by atoms with E-state index in [-0.39, 0.29) is 24.6 Å². The quantitative estimate of drug-likeness (QED) is 0.583. The number of hydrogen-bond acceptors (Lipinski definition) is 3. The van der Waals surface area contributed by atoms with Crippen LogP contribution < -0.4 is 0 Å². The molecular formula is C13H14BrClO3. The van der Waals surface area contributed by atoms with Gasteiger partial charge in [0.15, 0.2) is 5.78 Å². The Kier molecular flexibility index (Phi) is 6.36. The van der Waals surface area contributed by atoms with Gasteiger partial charge in [-0.3, -0.25) is 9.59 Å². The lowest BCUT2D eigenvalue weighted by Crippen LogP contribution is -2.09. The predicted octanol–water partition coefficient (Wildman–Crippen LogP) is 4.02. The fraction of sp³-hybridized carbons (Fsp3) is 0.385. The first-order chi connectivity index (χ1) is 8.54. The van der Waals surface area contributed by atoms with Gasteiger partial charge in [0.2, 0.25) is 0 Å². The Labute approximate surface area is 120 Å². The smallest absolute Gasteiger partial charge is 0.306 e. The molecule has 0 fully saturated rings. The predicted molar refractivity (Wildman–Crippen MR) is 74.0 cm³/mol. The van der Waals surface area contributed by atoms with Crippen LogP contribution >= 0.6 is 27.5 Å². The molecule has 0 amide bonds. The highest BCUT2D eigenvalue weighted by atomic mass is 79.9. The van der Waals surface area contributed by atoms with E-state index in [1.165, 1.54) is 0 Å². The minimum atomic E-state index is -0.351. The van der Waals surface area contributed by atoms with Crippen molar-refractivity contribution in [3.8, 4) is 0 Å². The van der Waals surface area contributed by atoms with Gasteiger partial charge in [0.05, 0.1) is 18.1 Å². The molecule has 1 aromatic rings. The Morgan fingerprint density at radius 2 is 2.06 bits per heavy atom. The number of rotatable bonds is 6. The molecule has 0 aliphatic carbocycles. The summed E-state index contributed by atoms with van der Waals surface area (Å²) in [6, 6.07) is 5.06. The third-order valence-corrected chi connectivity index (χ3v) is 3.08. The van der Waals surface area contributed by atoms with Crippen molar-refractivity contribution in [2.45, 2.75) is 26.2 Å². The fourth-order valence-corrected chi connectivity index (χ4v) is 1.93. The number of halogens is 2. The zero-order chi connectivity index (χ0) is 13.5. The van der Waals surface area contributed by atoms with Crippen LogP contribution in [0.2, 0.25) is 5.02 Å². The maximum absolute atomic E-state index is 11.9. The first kappa shape index (κ1) is 15.2. The van der Waals surface area contributed by atoms with Crippen molar-refractivity contribution in [2.75, 3.05) is 6.61 Å². The van der Waals surface area contributed by atoms with E-state index in [4.69, 9.17) is 16.3 Å². The zero-order valence-corrected chi connectivity index (χ0v) is 12.4. The lowest BCUT2D eigenvalue weighted by molar-refractivity contribution is -0.143. The summed E-state index contributed by atoms with van der Waals surface area (Å²) in [7, 11) is 0. The summed E-state index contributed by atoms with van der Waals surface area (Å²) in [5, 5.41) is 0.394. The summed E-state index contributed by atoms with van der Waals surface area (Å²) < 4.78 is 5.68. The normalized spacial score (nSPS) is 10.2. The molecule has 0 aliphatic heterocycles. The summed E-state index contributed by atoms with van der Waals surface area (Å²) in [5.74, 6) is -0.508. The number of ketones is 1. The van der Waals surface area contributed by atoms with Crippen LogP contribution in [0.15, 0.2) is 22.7 Å². The molecule has 0 heterocycles. The van der Waals surface area contributed by atoms with Gasteiger partial charge in [-0.15, -0.1) is 0 Å². The van der Waals surface area contributed by atoms with Crippen molar-refractivity contribution in [1.29, 1.82) is 0 Å². The van der Waals surface area contributed by atoms with E-state index in [9.17, 15) is 9.59 Å². The van der Waals surface area contributed by atoms with Gasteiger partial charge in [0.25, 0.3) is 0 Å². The first-order valence-electron chi connectivity index (χ1n) is 5.68. The van der Waals surface area contributed by atoms with E-state index in [0.717, 1.165) is 10.9 Å². The second kappa shape index (κ2) is 7.54. The number of ether oxygens (including phenoxy) is 1. The molecule has 5 heteroatoms. The summed E-state index contributed by atoms with van der Waals surface area (Å²) >= 11 is 9.21. The van der Waals surface area contributed by atoms with E-state index >= 15 is 0 Å². The second-order valence-corrected chi connectivity index (χ2v) is 5.09. The molecule has 0 aromatic heterocycles. The van der Waals surface area contributed by atoms with Crippen LogP contribution in [-0.2, 0) is 9.53 Å². The number of carbonyl (C=O) groups is 2. The molecule has 18 heavy (non-hydrogen) atoms. The minimum absolute atomic E-state index is 0.0850. The van der Waals surface area contributed by atoms with Gasteiger partial charge in [0, 0.05) is 16.5 Å². The molecule has 3 nitrogen and oxygen atoms in total. The van der Waals surface area contributed by atoms with Crippen LogP contribution in [0.1, 0.15) is 36.5 Å². The van der Waals surface area contributed by atoms with E-state index in [1.54, 1.807) is 18.2 Å². The van der Waals surface area contributed by atoms with Gasteiger partial charge >= 0.3 is 5.97 Å². The molecule has 1 rings (SSSR count). The molecule has 0 aliphatic rings. The molecular weight excluding hydrogens is 319 g/mol. The Morgan fingerprint density at radius 1 is 1.33 bits per heavy atom. The number of carbonyl (C=O) groups excluding carboxylic acids is 2. The van der Waals surface area contributed by atoms with Crippen LogP contribution in [0.3, 0.4) is 0 Å². The van der Waals surface area contributed by atoms with Crippen LogP contribution in [0.25, 0.3) is 0 Å². The van der Waals surface area contributed by atoms with Crippen LogP contribution in [0.5, 0.6) is 0 Å². The SMILES string of the molecule is CCCOC(=O)CCC(=O)c1cc(Br)ccc1Cl. The highest BCUT2D eigenvalue weighted by Gasteiger charge is 2.13. The highest BCUT2D eigenvalue weighted by Crippen LogP contribution is 2.22. The number of benzene rings is 1. The van der Waals surface area contributed by atoms with Gasteiger partial charge in [-0.2, -0.15) is 0 Å².